The molecule has 0 fully saturated rings. The predicted molar refractivity (Wildman–Crippen MR) is 83.1 cm³/mol. The highest BCUT2D eigenvalue weighted by Gasteiger charge is 2.16. The molecular formula is C15H28N4O2. The third-order valence-corrected chi connectivity index (χ3v) is 3.53. The van der Waals surface area contributed by atoms with Crippen LogP contribution in [0.5, 0.6) is 0 Å². The number of carbonyl (C=O) groups is 1. The van der Waals surface area contributed by atoms with Gasteiger partial charge in [0.1, 0.15) is 6.26 Å². The number of carbonyl (C=O) groups excluding carboxylic acids is 1. The van der Waals surface area contributed by atoms with E-state index in [0.717, 1.165) is 32.5 Å². The molecular weight excluding hydrogens is 268 g/mol. The van der Waals surface area contributed by atoms with Gasteiger partial charge >= 0.3 is 0 Å². The zero-order valence-electron chi connectivity index (χ0n) is 13.6. The number of rotatable bonds is 9. The summed E-state index contributed by atoms with van der Waals surface area (Å²) in [5.41, 5.74) is 5.95. The van der Waals surface area contributed by atoms with Crippen LogP contribution in [0.1, 0.15) is 63.0 Å². The summed E-state index contributed by atoms with van der Waals surface area (Å²) in [7, 11) is 0. The van der Waals surface area contributed by atoms with E-state index in [1.54, 1.807) is 6.92 Å². The van der Waals surface area contributed by atoms with Crippen LogP contribution in [0.2, 0.25) is 0 Å². The number of oxazole rings is 1. The first kappa shape index (κ1) is 17.7. The normalized spacial score (nSPS) is 14.2. The van der Waals surface area contributed by atoms with Crippen LogP contribution in [0.15, 0.2) is 10.7 Å². The lowest BCUT2D eigenvalue weighted by atomic mass is 10.1. The number of aromatic nitrogens is 1. The monoisotopic (exact) mass is 296 g/mol. The van der Waals surface area contributed by atoms with Crippen LogP contribution in [0.25, 0.3) is 0 Å². The Morgan fingerprint density at radius 2 is 2.10 bits per heavy atom. The molecule has 0 bridgehead atoms. The van der Waals surface area contributed by atoms with Crippen LogP contribution in [0, 0.1) is 0 Å². The van der Waals surface area contributed by atoms with Crippen LogP contribution in [0.3, 0.4) is 0 Å². The third kappa shape index (κ3) is 5.85. The first-order valence-corrected chi connectivity index (χ1v) is 7.72. The molecule has 2 unspecified atom stereocenters. The Morgan fingerprint density at radius 1 is 1.43 bits per heavy atom. The zero-order valence-corrected chi connectivity index (χ0v) is 13.6. The average molecular weight is 296 g/mol. The van der Waals surface area contributed by atoms with E-state index in [1.165, 1.54) is 6.26 Å². The number of hydrogen-bond donors (Lipinski definition) is 2. The molecule has 0 aliphatic rings. The van der Waals surface area contributed by atoms with E-state index in [2.05, 4.69) is 29.0 Å². The van der Waals surface area contributed by atoms with Crippen LogP contribution >= 0.6 is 0 Å². The Kier molecular flexibility index (Phi) is 7.39. The second kappa shape index (κ2) is 8.79. The SMILES string of the molecule is CCN(CC)CCCC(C)NC(=O)c1coc(C(C)N)n1. The van der Waals surface area contributed by atoms with Gasteiger partial charge < -0.3 is 20.4 Å². The molecule has 2 atom stereocenters. The molecule has 21 heavy (non-hydrogen) atoms. The highest BCUT2D eigenvalue weighted by Crippen LogP contribution is 2.09. The Hall–Kier alpha value is -1.40. The summed E-state index contributed by atoms with van der Waals surface area (Å²) in [5, 5.41) is 2.94. The van der Waals surface area contributed by atoms with Crippen molar-refractivity contribution in [2.24, 2.45) is 5.73 Å². The van der Waals surface area contributed by atoms with Crippen molar-refractivity contribution in [3.63, 3.8) is 0 Å². The van der Waals surface area contributed by atoms with Gasteiger partial charge in [0.05, 0.1) is 6.04 Å². The lowest BCUT2D eigenvalue weighted by molar-refractivity contribution is 0.0932. The Bertz CT molecular complexity index is 427. The van der Waals surface area contributed by atoms with E-state index in [4.69, 9.17) is 10.2 Å². The molecule has 0 saturated carbocycles. The van der Waals surface area contributed by atoms with E-state index in [1.807, 2.05) is 6.92 Å². The van der Waals surface area contributed by atoms with E-state index in [-0.39, 0.29) is 23.7 Å². The molecule has 6 nitrogen and oxygen atoms in total. The summed E-state index contributed by atoms with van der Waals surface area (Å²) in [5.74, 6) is 0.176. The fourth-order valence-electron chi connectivity index (χ4n) is 2.13. The van der Waals surface area contributed by atoms with Gasteiger partial charge in [-0.3, -0.25) is 4.79 Å². The molecule has 1 aromatic heterocycles. The van der Waals surface area contributed by atoms with Gasteiger partial charge in [0.2, 0.25) is 5.89 Å². The molecule has 0 aliphatic heterocycles. The van der Waals surface area contributed by atoms with Gasteiger partial charge in [0, 0.05) is 6.04 Å². The molecule has 1 aromatic rings. The summed E-state index contributed by atoms with van der Waals surface area (Å²) in [6, 6.07) is -0.193. The quantitative estimate of drug-likeness (QED) is 0.727. The fourth-order valence-corrected chi connectivity index (χ4v) is 2.13. The average Bonchev–Trinajstić information content (AvgIpc) is 2.93. The molecule has 120 valence electrons. The van der Waals surface area contributed by atoms with E-state index in [0.29, 0.717) is 5.89 Å². The number of nitrogens with two attached hydrogens (primary N) is 1. The Labute approximate surface area is 127 Å². The minimum absolute atomic E-state index is 0.114. The summed E-state index contributed by atoms with van der Waals surface area (Å²) in [6.07, 6.45) is 3.36. The second-order valence-corrected chi connectivity index (χ2v) is 5.40. The molecule has 3 N–H and O–H groups in total. The largest absolute Gasteiger partial charge is 0.446 e. The molecule has 1 heterocycles. The second-order valence-electron chi connectivity index (χ2n) is 5.40. The molecule has 0 spiro atoms. The Morgan fingerprint density at radius 3 is 2.62 bits per heavy atom. The van der Waals surface area contributed by atoms with Gasteiger partial charge in [0.25, 0.3) is 5.91 Å². The van der Waals surface area contributed by atoms with Crippen molar-refractivity contribution in [3.8, 4) is 0 Å². The maximum Gasteiger partial charge on any atom is 0.273 e. The van der Waals surface area contributed by atoms with Gasteiger partial charge in [-0.25, -0.2) is 4.98 Å². The maximum absolute atomic E-state index is 12.0. The molecule has 0 aliphatic carbocycles. The van der Waals surface area contributed by atoms with Crippen molar-refractivity contribution < 1.29 is 9.21 Å². The summed E-state index contributed by atoms with van der Waals surface area (Å²) in [4.78, 5) is 18.5. The van der Waals surface area contributed by atoms with Crippen molar-refractivity contribution in [2.45, 2.75) is 52.6 Å². The minimum Gasteiger partial charge on any atom is -0.446 e. The summed E-state index contributed by atoms with van der Waals surface area (Å²) in [6.45, 7) is 11.3. The van der Waals surface area contributed by atoms with Crippen LogP contribution in [-0.2, 0) is 0 Å². The highest BCUT2D eigenvalue weighted by atomic mass is 16.3. The van der Waals surface area contributed by atoms with Gasteiger partial charge in [-0.15, -0.1) is 0 Å². The molecule has 1 rings (SSSR count). The number of amides is 1. The molecule has 0 radical (unpaired) electrons. The maximum atomic E-state index is 12.0. The van der Waals surface area contributed by atoms with Crippen molar-refractivity contribution in [1.82, 2.24) is 15.2 Å². The summed E-state index contributed by atoms with van der Waals surface area (Å²) < 4.78 is 5.17. The standard InChI is InChI=1S/C15H28N4O2/c1-5-19(6-2)9-7-8-11(3)17-14(20)13-10-21-15(18-13)12(4)16/h10-12H,5-9,16H2,1-4H3,(H,17,20). The lowest BCUT2D eigenvalue weighted by Gasteiger charge is -2.19. The first-order chi connectivity index (χ1) is 9.97. The lowest BCUT2D eigenvalue weighted by Crippen LogP contribution is -2.34. The first-order valence-electron chi connectivity index (χ1n) is 7.72. The summed E-state index contributed by atoms with van der Waals surface area (Å²) >= 11 is 0. The van der Waals surface area contributed by atoms with Gasteiger partial charge in [-0.05, 0) is 46.3 Å². The topological polar surface area (TPSA) is 84.4 Å². The smallest absolute Gasteiger partial charge is 0.273 e. The number of hydrogen-bond acceptors (Lipinski definition) is 5. The molecule has 0 aromatic carbocycles. The molecule has 6 heteroatoms. The van der Waals surface area contributed by atoms with Crippen LogP contribution in [-0.4, -0.2) is 41.5 Å². The zero-order chi connectivity index (χ0) is 15.8. The van der Waals surface area contributed by atoms with Gasteiger partial charge in [0.15, 0.2) is 5.69 Å². The molecule has 0 saturated heterocycles. The van der Waals surface area contributed by atoms with Crippen molar-refractivity contribution in [1.29, 1.82) is 0 Å². The minimum atomic E-state index is -0.307. The van der Waals surface area contributed by atoms with E-state index < -0.39 is 0 Å². The van der Waals surface area contributed by atoms with Crippen molar-refractivity contribution in [3.05, 3.63) is 17.8 Å². The van der Waals surface area contributed by atoms with Crippen LogP contribution in [0.4, 0.5) is 0 Å². The van der Waals surface area contributed by atoms with E-state index in [9.17, 15) is 4.79 Å². The molecule has 1 amide bonds. The number of nitrogens with zero attached hydrogens (tertiary/aromatic N) is 2. The highest BCUT2D eigenvalue weighted by molar-refractivity contribution is 5.92. The van der Waals surface area contributed by atoms with Gasteiger partial charge in [-0.1, -0.05) is 13.8 Å². The Balaban J connectivity index is 2.36. The number of nitrogens with one attached hydrogen (secondary N) is 1. The third-order valence-electron chi connectivity index (χ3n) is 3.53. The van der Waals surface area contributed by atoms with Crippen molar-refractivity contribution in [2.75, 3.05) is 19.6 Å². The van der Waals surface area contributed by atoms with Gasteiger partial charge in [-0.2, -0.15) is 0 Å². The fraction of sp³-hybridized carbons (Fsp3) is 0.733. The van der Waals surface area contributed by atoms with E-state index >= 15 is 0 Å². The van der Waals surface area contributed by atoms with Crippen molar-refractivity contribution >= 4 is 5.91 Å². The predicted octanol–water partition coefficient (Wildman–Crippen LogP) is 1.93. The van der Waals surface area contributed by atoms with Crippen LogP contribution < -0.4 is 11.1 Å².